The molecule has 0 bridgehead atoms. The van der Waals surface area contributed by atoms with Crippen LogP contribution in [0.25, 0.3) is 0 Å². The Hall–Kier alpha value is -1.21. The Morgan fingerprint density at radius 2 is 0.897 bits per heavy atom. The fraction of sp³-hybridized carbons (Fsp3) is 0.571. The first-order valence-corrected chi connectivity index (χ1v) is 12.8. The van der Waals surface area contributed by atoms with Crippen LogP contribution in [0, 0.1) is 0 Å². The molecule has 0 aromatic heterocycles. The highest BCUT2D eigenvalue weighted by molar-refractivity contribution is 7.99. The molecule has 0 spiro atoms. The van der Waals surface area contributed by atoms with E-state index in [2.05, 4.69) is 100 Å². The highest BCUT2D eigenvalue weighted by atomic mass is 32.2. The van der Waals surface area contributed by atoms with Crippen LogP contribution in [0.15, 0.2) is 60.7 Å². The van der Waals surface area contributed by atoms with Gasteiger partial charge in [0.15, 0.2) is 0 Å². The second-order valence-electron chi connectivity index (χ2n) is 9.73. The summed E-state index contributed by atoms with van der Waals surface area (Å²) in [6, 6.07) is 22.0. The third-order valence-electron chi connectivity index (χ3n) is 6.29. The van der Waals surface area contributed by atoms with Gasteiger partial charge >= 0.3 is 0 Å². The van der Waals surface area contributed by atoms with Gasteiger partial charge in [-0.1, -0.05) is 114 Å². The van der Waals surface area contributed by atoms with Gasteiger partial charge in [-0.15, -0.1) is 0 Å². The standard InChI is InChI=1S/C28H42S/c1-27(2,25-17-9-5-10-18-25)21-13-7-15-23-29-24-16-8-14-22-28(3,4)26-19-11-6-12-20-26/h5-6,9-12,17-20H,7-8,13-16,21-24H2,1-4H3. The quantitative estimate of drug-likeness (QED) is 0.280. The first-order valence-electron chi connectivity index (χ1n) is 11.6. The highest BCUT2D eigenvalue weighted by Gasteiger charge is 2.20. The second kappa shape index (κ2) is 12.5. The van der Waals surface area contributed by atoms with E-state index in [-0.39, 0.29) is 0 Å². The van der Waals surface area contributed by atoms with Crippen LogP contribution in [0.4, 0.5) is 0 Å². The molecule has 2 rings (SSSR count). The van der Waals surface area contributed by atoms with E-state index in [1.54, 1.807) is 0 Å². The first kappa shape index (κ1) is 24.1. The summed E-state index contributed by atoms with van der Waals surface area (Å²) >= 11 is 2.16. The van der Waals surface area contributed by atoms with Gasteiger partial charge in [-0.25, -0.2) is 0 Å². The van der Waals surface area contributed by atoms with E-state index in [0.29, 0.717) is 10.8 Å². The molecular weight excluding hydrogens is 368 g/mol. The van der Waals surface area contributed by atoms with Crippen molar-refractivity contribution in [2.75, 3.05) is 11.5 Å². The molecule has 0 aliphatic rings. The Balaban J connectivity index is 1.45. The van der Waals surface area contributed by atoms with Crippen LogP contribution >= 0.6 is 11.8 Å². The molecule has 0 aliphatic heterocycles. The molecule has 0 fully saturated rings. The molecule has 2 aromatic rings. The van der Waals surface area contributed by atoms with Crippen molar-refractivity contribution in [2.24, 2.45) is 0 Å². The third-order valence-corrected chi connectivity index (χ3v) is 7.45. The lowest BCUT2D eigenvalue weighted by Crippen LogP contribution is -2.16. The van der Waals surface area contributed by atoms with E-state index in [0.717, 1.165) is 0 Å². The third kappa shape index (κ3) is 8.99. The molecule has 2 aromatic carbocycles. The maximum Gasteiger partial charge on any atom is -0.00675 e. The summed E-state index contributed by atoms with van der Waals surface area (Å²) in [6.07, 6.45) is 10.8. The minimum atomic E-state index is 0.307. The van der Waals surface area contributed by atoms with Crippen LogP contribution < -0.4 is 0 Å². The summed E-state index contributed by atoms with van der Waals surface area (Å²) in [5.74, 6) is 2.67. The van der Waals surface area contributed by atoms with Gasteiger partial charge in [-0.05, 0) is 59.1 Å². The molecule has 0 N–H and O–H groups in total. The summed E-state index contributed by atoms with van der Waals surface area (Å²) in [7, 11) is 0. The summed E-state index contributed by atoms with van der Waals surface area (Å²) in [6.45, 7) is 9.54. The summed E-state index contributed by atoms with van der Waals surface area (Å²) in [5, 5.41) is 0. The fourth-order valence-electron chi connectivity index (χ4n) is 4.07. The molecule has 160 valence electrons. The Morgan fingerprint density at radius 1 is 0.517 bits per heavy atom. The lowest BCUT2D eigenvalue weighted by atomic mass is 9.80. The molecule has 29 heavy (non-hydrogen) atoms. The SMILES string of the molecule is CC(C)(CCCCCSCCCCCC(C)(C)c1ccccc1)c1ccccc1. The van der Waals surface area contributed by atoms with E-state index in [1.165, 1.54) is 74.0 Å². The second-order valence-corrected chi connectivity index (χ2v) is 11.0. The summed E-state index contributed by atoms with van der Waals surface area (Å²) in [5.41, 5.74) is 3.57. The Bertz CT molecular complexity index is 598. The van der Waals surface area contributed by atoms with Crippen molar-refractivity contribution in [3.63, 3.8) is 0 Å². The average Bonchev–Trinajstić information content (AvgIpc) is 2.73. The summed E-state index contributed by atoms with van der Waals surface area (Å²) in [4.78, 5) is 0. The molecule has 0 nitrogen and oxygen atoms in total. The molecule has 0 aliphatic carbocycles. The highest BCUT2D eigenvalue weighted by Crippen LogP contribution is 2.30. The van der Waals surface area contributed by atoms with Crippen molar-refractivity contribution in [3.05, 3.63) is 71.8 Å². The molecular formula is C28H42S. The normalized spacial score (nSPS) is 12.3. The van der Waals surface area contributed by atoms with Crippen LogP contribution in [0.3, 0.4) is 0 Å². The van der Waals surface area contributed by atoms with E-state index in [4.69, 9.17) is 0 Å². The number of rotatable bonds is 14. The van der Waals surface area contributed by atoms with Crippen molar-refractivity contribution in [1.82, 2.24) is 0 Å². The van der Waals surface area contributed by atoms with Gasteiger partial charge in [0.05, 0.1) is 0 Å². The lowest BCUT2D eigenvalue weighted by molar-refractivity contribution is 0.450. The van der Waals surface area contributed by atoms with Crippen LogP contribution in [-0.4, -0.2) is 11.5 Å². The molecule has 1 heteroatoms. The Morgan fingerprint density at radius 3 is 1.28 bits per heavy atom. The zero-order valence-electron chi connectivity index (χ0n) is 19.3. The van der Waals surface area contributed by atoms with E-state index in [1.807, 2.05) is 0 Å². The van der Waals surface area contributed by atoms with Gasteiger partial charge < -0.3 is 0 Å². The topological polar surface area (TPSA) is 0 Å². The monoisotopic (exact) mass is 410 g/mol. The van der Waals surface area contributed by atoms with Gasteiger partial charge in [0.1, 0.15) is 0 Å². The lowest BCUT2D eigenvalue weighted by Gasteiger charge is -2.25. The average molecular weight is 411 g/mol. The first-order chi connectivity index (χ1) is 13.9. The molecule has 0 saturated heterocycles. The van der Waals surface area contributed by atoms with Crippen molar-refractivity contribution in [1.29, 1.82) is 0 Å². The van der Waals surface area contributed by atoms with Gasteiger partial charge in [0, 0.05) is 0 Å². The van der Waals surface area contributed by atoms with Crippen molar-refractivity contribution >= 4 is 11.8 Å². The zero-order chi connectivity index (χ0) is 21.0. The van der Waals surface area contributed by atoms with E-state index >= 15 is 0 Å². The van der Waals surface area contributed by atoms with Gasteiger partial charge in [0.2, 0.25) is 0 Å². The fourth-order valence-corrected chi connectivity index (χ4v) is 5.09. The zero-order valence-corrected chi connectivity index (χ0v) is 20.1. The predicted octanol–water partition coefficient (Wildman–Crippen LogP) is 8.80. The minimum Gasteiger partial charge on any atom is -0.162 e. The maximum absolute atomic E-state index is 2.39. The molecule has 0 unspecified atom stereocenters. The minimum absolute atomic E-state index is 0.307. The number of hydrogen-bond donors (Lipinski definition) is 0. The predicted molar refractivity (Wildman–Crippen MR) is 133 cm³/mol. The van der Waals surface area contributed by atoms with E-state index < -0.39 is 0 Å². The summed E-state index contributed by atoms with van der Waals surface area (Å²) < 4.78 is 0. The maximum atomic E-state index is 2.39. The Labute approximate surface area is 184 Å². The van der Waals surface area contributed by atoms with Crippen molar-refractivity contribution in [3.8, 4) is 0 Å². The molecule has 0 radical (unpaired) electrons. The van der Waals surface area contributed by atoms with E-state index in [9.17, 15) is 0 Å². The van der Waals surface area contributed by atoms with Gasteiger partial charge in [0.25, 0.3) is 0 Å². The smallest absolute Gasteiger partial charge is 0.00675 e. The van der Waals surface area contributed by atoms with Gasteiger partial charge in [-0.3, -0.25) is 0 Å². The van der Waals surface area contributed by atoms with Crippen LogP contribution in [0.5, 0.6) is 0 Å². The molecule has 0 saturated carbocycles. The number of hydrogen-bond acceptors (Lipinski definition) is 1. The number of benzene rings is 2. The number of thioether (sulfide) groups is 1. The Kier molecular flexibility index (Phi) is 10.4. The number of unbranched alkanes of at least 4 members (excludes halogenated alkanes) is 4. The largest absolute Gasteiger partial charge is 0.162 e. The van der Waals surface area contributed by atoms with Crippen LogP contribution in [-0.2, 0) is 10.8 Å². The van der Waals surface area contributed by atoms with Crippen molar-refractivity contribution < 1.29 is 0 Å². The molecule has 0 atom stereocenters. The molecule has 0 amide bonds. The molecule has 0 heterocycles. The van der Waals surface area contributed by atoms with Crippen molar-refractivity contribution in [2.45, 2.75) is 89.9 Å². The van der Waals surface area contributed by atoms with Crippen LogP contribution in [0.2, 0.25) is 0 Å². The van der Waals surface area contributed by atoms with Crippen LogP contribution in [0.1, 0.15) is 90.2 Å². The van der Waals surface area contributed by atoms with Gasteiger partial charge in [-0.2, -0.15) is 11.8 Å².